The normalized spacial score (nSPS) is 10.2. The lowest BCUT2D eigenvalue weighted by Gasteiger charge is -2.09. The molecule has 2 rings (SSSR count). The van der Waals surface area contributed by atoms with Crippen LogP contribution in [0.4, 0.5) is 5.82 Å². The Hall–Kier alpha value is -2.20. The van der Waals surface area contributed by atoms with Gasteiger partial charge in [0.15, 0.2) is 0 Å². The predicted octanol–water partition coefficient (Wildman–Crippen LogP) is 2.10. The maximum atomic E-state index is 12.2. The summed E-state index contributed by atoms with van der Waals surface area (Å²) in [5, 5.41) is 5.89. The molecule has 2 N–H and O–H groups in total. The summed E-state index contributed by atoms with van der Waals surface area (Å²) in [4.78, 5) is 16.3. The number of amides is 1. The van der Waals surface area contributed by atoms with Crippen LogP contribution in [0.25, 0.3) is 0 Å². The lowest BCUT2D eigenvalue weighted by molar-refractivity contribution is 0.102. The fourth-order valence-electron chi connectivity index (χ4n) is 1.84. The molecule has 4 heteroatoms. The molecule has 98 valence electrons. The fraction of sp³-hybridized carbons (Fsp3) is 0.200. The van der Waals surface area contributed by atoms with E-state index in [1.54, 1.807) is 12.3 Å². The number of hydrogen-bond donors (Lipinski definition) is 2. The first-order valence-electron chi connectivity index (χ1n) is 6.26. The van der Waals surface area contributed by atoms with E-state index in [9.17, 15) is 4.79 Å². The Bertz CT molecular complexity index is 540. The van der Waals surface area contributed by atoms with Gasteiger partial charge < -0.3 is 10.6 Å². The van der Waals surface area contributed by atoms with Crippen LogP contribution >= 0.6 is 0 Å². The minimum absolute atomic E-state index is 0.120. The van der Waals surface area contributed by atoms with E-state index < -0.39 is 0 Å². The van der Waals surface area contributed by atoms with Crippen LogP contribution in [-0.4, -0.2) is 24.5 Å². The van der Waals surface area contributed by atoms with Crippen molar-refractivity contribution in [2.45, 2.75) is 6.42 Å². The second-order valence-corrected chi connectivity index (χ2v) is 4.18. The van der Waals surface area contributed by atoms with Crippen molar-refractivity contribution in [1.82, 2.24) is 10.3 Å². The van der Waals surface area contributed by atoms with Crippen LogP contribution in [0.15, 0.2) is 48.7 Å². The van der Waals surface area contributed by atoms with Gasteiger partial charge in [-0.05, 0) is 43.8 Å². The number of nitrogens with zero attached hydrogens (tertiary/aromatic N) is 1. The van der Waals surface area contributed by atoms with Crippen molar-refractivity contribution in [1.29, 1.82) is 0 Å². The highest BCUT2D eigenvalue weighted by atomic mass is 16.1. The summed E-state index contributed by atoms with van der Waals surface area (Å²) >= 11 is 0. The first-order valence-corrected chi connectivity index (χ1v) is 6.26. The third-order valence-corrected chi connectivity index (χ3v) is 2.81. The number of benzene rings is 1. The van der Waals surface area contributed by atoms with Crippen LogP contribution in [0.5, 0.6) is 0 Å². The van der Waals surface area contributed by atoms with Crippen molar-refractivity contribution in [3.63, 3.8) is 0 Å². The maximum absolute atomic E-state index is 12.2. The Morgan fingerprint density at radius 1 is 1.16 bits per heavy atom. The summed E-state index contributed by atoms with van der Waals surface area (Å²) in [7, 11) is 1.90. The molecule has 0 bridgehead atoms. The first kappa shape index (κ1) is 13.2. The number of anilines is 1. The SMILES string of the molecule is CNCCc1ccccc1C(=O)Nc1ccccn1. The van der Waals surface area contributed by atoms with Gasteiger partial charge in [-0.2, -0.15) is 0 Å². The Kier molecular flexibility index (Phi) is 4.64. The monoisotopic (exact) mass is 255 g/mol. The molecule has 1 heterocycles. The minimum atomic E-state index is -0.120. The molecule has 1 aromatic carbocycles. The largest absolute Gasteiger partial charge is 0.319 e. The summed E-state index contributed by atoms with van der Waals surface area (Å²) < 4.78 is 0. The molecule has 0 saturated heterocycles. The minimum Gasteiger partial charge on any atom is -0.319 e. The van der Waals surface area contributed by atoms with Crippen molar-refractivity contribution in [3.8, 4) is 0 Å². The molecule has 0 aliphatic carbocycles. The van der Waals surface area contributed by atoms with Gasteiger partial charge >= 0.3 is 0 Å². The van der Waals surface area contributed by atoms with E-state index in [0.29, 0.717) is 11.4 Å². The van der Waals surface area contributed by atoms with Crippen LogP contribution in [0.1, 0.15) is 15.9 Å². The quantitative estimate of drug-likeness (QED) is 0.860. The molecule has 2 aromatic rings. The van der Waals surface area contributed by atoms with E-state index in [2.05, 4.69) is 15.6 Å². The highest BCUT2D eigenvalue weighted by Crippen LogP contribution is 2.12. The zero-order valence-electron chi connectivity index (χ0n) is 10.9. The maximum Gasteiger partial charge on any atom is 0.257 e. The van der Waals surface area contributed by atoms with Crippen molar-refractivity contribution in [2.75, 3.05) is 18.9 Å². The fourth-order valence-corrected chi connectivity index (χ4v) is 1.84. The number of carbonyl (C=O) groups excluding carboxylic acids is 1. The summed E-state index contributed by atoms with van der Waals surface area (Å²) in [6, 6.07) is 13.1. The van der Waals surface area contributed by atoms with Gasteiger partial charge in [0.2, 0.25) is 0 Å². The number of likely N-dealkylation sites (N-methyl/N-ethyl adjacent to an activating group) is 1. The summed E-state index contributed by atoms with van der Waals surface area (Å²) in [5.74, 6) is 0.446. The Morgan fingerprint density at radius 3 is 2.68 bits per heavy atom. The molecule has 1 aromatic heterocycles. The van der Waals surface area contributed by atoms with Crippen LogP contribution in [-0.2, 0) is 6.42 Å². The Morgan fingerprint density at radius 2 is 1.95 bits per heavy atom. The summed E-state index contributed by atoms with van der Waals surface area (Å²) in [5.41, 5.74) is 1.73. The number of hydrogen-bond acceptors (Lipinski definition) is 3. The van der Waals surface area contributed by atoms with E-state index in [0.717, 1.165) is 18.5 Å². The van der Waals surface area contributed by atoms with Crippen molar-refractivity contribution >= 4 is 11.7 Å². The standard InChI is InChI=1S/C15H17N3O/c1-16-11-9-12-6-2-3-7-13(12)15(19)18-14-8-4-5-10-17-14/h2-8,10,16H,9,11H2,1H3,(H,17,18,19). The lowest BCUT2D eigenvalue weighted by atomic mass is 10.0. The zero-order valence-corrected chi connectivity index (χ0v) is 10.9. The molecule has 0 unspecified atom stereocenters. The molecule has 0 radical (unpaired) electrons. The number of carbonyl (C=O) groups is 1. The molecule has 0 aliphatic heterocycles. The average molecular weight is 255 g/mol. The molecule has 0 aliphatic rings. The molecule has 1 amide bonds. The van der Waals surface area contributed by atoms with Crippen LogP contribution < -0.4 is 10.6 Å². The van der Waals surface area contributed by atoms with E-state index in [1.807, 2.05) is 43.4 Å². The van der Waals surface area contributed by atoms with Crippen LogP contribution in [0, 0.1) is 0 Å². The summed E-state index contributed by atoms with van der Waals surface area (Å²) in [6.45, 7) is 0.841. The van der Waals surface area contributed by atoms with Gasteiger partial charge in [-0.25, -0.2) is 4.98 Å². The highest BCUT2D eigenvalue weighted by molar-refractivity contribution is 6.04. The second kappa shape index (κ2) is 6.66. The zero-order chi connectivity index (χ0) is 13.5. The van der Waals surface area contributed by atoms with Gasteiger partial charge in [-0.1, -0.05) is 24.3 Å². The number of pyridine rings is 1. The summed E-state index contributed by atoms with van der Waals surface area (Å²) in [6.07, 6.45) is 2.48. The molecular weight excluding hydrogens is 238 g/mol. The van der Waals surface area contributed by atoms with E-state index in [4.69, 9.17) is 0 Å². The van der Waals surface area contributed by atoms with Gasteiger partial charge in [0.25, 0.3) is 5.91 Å². The first-order chi connectivity index (χ1) is 9.31. The van der Waals surface area contributed by atoms with Gasteiger partial charge in [-0.15, -0.1) is 0 Å². The second-order valence-electron chi connectivity index (χ2n) is 4.18. The smallest absolute Gasteiger partial charge is 0.257 e. The average Bonchev–Trinajstić information content (AvgIpc) is 2.46. The molecule has 4 nitrogen and oxygen atoms in total. The third-order valence-electron chi connectivity index (χ3n) is 2.81. The number of aromatic nitrogens is 1. The molecular formula is C15H17N3O. The highest BCUT2D eigenvalue weighted by Gasteiger charge is 2.10. The number of rotatable bonds is 5. The van der Waals surface area contributed by atoms with Gasteiger partial charge in [0, 0.05) is 11.8 Å². The molecule has 0 atom stereocenters. The van der Waals surface area contributed by atoms with Crippen molar-refractivity contribution in [3.05, 3.63) is 59.8 Å². The van der Waals surface area contributed by atoms with Gasteiger partial charge in [0.05, 0.1) is 0 Å². The topological polar surface area (TPSA) is 54.0 Å². The molecule has 0 spiro atoms. The molecule has 0 fully saturated rings. The Balaban J connectivity index is 2.14. The van der Waals surface area contributed by atoms with Crippen LogP contribution in [0.3, 0.4) is 0 Å². The van der Waals surface area contributed by atoms with Crippen molar-refractivity contribution in [2.24, 2.45) is 0 Å². The molecule has 19 heavy (non-hydrogen) atoms. The van der Waals surface area contributed by atoms with Crippen LogP contribution in [0.2, 0.25) is 0 Å². The Labute approximate surface area is 112 Å². The van der Waals surface area contributed by atoms with Gasteiger partial charge in [0.1, 0.15) is 5.82 Å². The third kappa shape index (κ3) is 3.63. The number of nitrogens with one attached hydrogen (secondary N) is 2. The molecule has 0 saturated carbocycles. The predicted molar refractivity (Wildman–Crippen MR) is 76.3 cm³/mol. The lowest BCUT2D eigenvalue weighted by Crippen LogP contribution is -2.17. The van der Waals surface area contributed by atoms with E-state index >= 15 is 0 Å². The van der Waals surface area contributed by atoms with E-state index in [-0.39, 0.29) is 5.91 Å². The van der Waals surface area contributed by atoms with Crippen molar-refractivity contribution < 1.29 is 4.79 Å². The van der Waals surface area contributed by atoms with Gasteiger partial charge in [-0.3, -0.25) is 4.79 Å². The van der Waals surface area contributed by atoms with E-state index in [1.165, 1.54) is 0 Å².